The second kappa shape index (κ2) is 10.9. The number of ether oxygens (including phenoxy) is 1. The topological polar surface area (TPSA) is 74.8 Å². The number of aryl methyl sites for hydroxylation is 1. The molecule has 0 atom stereocenters. The molecular weight excluding hydrogens is 459 g/mol. The Bertz CT molecular complexity index is 1150. The van der Waals surface area contributed by atoms with Crippen LogP contribution in [-0.2, 0) is 11.8 Å². The van der Waals surface area contributed by atoms with Crippen molar-refractivity contribution in [1.82, 2.24) is 24.3 Å². The van der Waals surface area contributed by atoms with Gasteiger partial charge in [0.25, 0.3) is 5.56 Å². The Kier molecular flexibility index (Phi) is 7.88. The van der Waals surface area contributed by atoms with Gasteiger partial charge in [-0.2, -0.15) is 18.3 Å². The van der Waals surface area contributed by atoms with Gasteiger partial charge < -0.3 is 4.74 Å². The van der Waals surface area contributed by atoms with Crippen LogP contribution < -0.4 is 5.56 Å². The molecule has 190 valence electrons. The van der Waals surface area contributed by atoms with Gasteiger partial charge in [-0.05, 0) is 75.5 Å². The normalized spacial score (nSPS) is 21.9. The standard InChI is InChI=1S/C14H14F3N3O.C6H8N2.C5H10O/c1-7-19-12-11(13(21)20(7)2)10(3-4-18-12)8-5-9(6-8)14(15,16)17;1-4-7-8(5-1)6-2-3-6;1-2-4-6-5-3-1/h3-4,8-9H,5-6H2,1-2H3;1,4-6H,2-3H2;1-5H2. The fraction of sp³-hybridized carbons (Fsp3) is 0.600. The Balaban J connectivity index is 0.000000166. The Hall–Kier alpha value is -2.75. The van der Waals surface area contributed by atoms with Gasteiger partial charge in [-0.3, -0.25) is 14.0 Å². The van der Waals surface area contributed by atoms with Gasteiger partial charge in [-0.15, -0.1) is 0 Å². The first kappa shape index (κ1) is 25.3. The van der Waals surface area contributed by atoms with Crippen molar-refractivity contribution >= 4 is 11.0 Å². The highest BCUT2D eigenvalue weighted by molar-refractivity contribution is 5.78. The molecule has 1 aliphatic heterocycles. The van der Waals surface area contributed by atoms with E-state index in [2.05, 4.69) is 15.1 Å². The molecule has 0 unspecified atom stereocenters. The van der Waals surface area contributed by atoms with E-state index in [1.54, 1.807) is 20.0 Å². The van der Waals surface area contributed by atoms with Gasteiger partial charge in [-0.1, -0.05) is 0 Å². The van der Waals surface area contributed by atoms with Crippen molar-refractivity contribution in [3.8, 4) is 0 Å². The zero-order chi connectivity index (χ0) is 25.0. The minimum atomic E-state index is -4.15. The summed E-state index contributed by atoms with van der Waals surface area (Å²) in [7, 11) is 1.60. The number of halogens is 3. The molecule has 3 aromatic rings. The summed E-state index contributed by atoms with van der Waals surface area (Å²) in [5.74, 6) is -0.994. The minimum Gasteiger partial charge on any atom is -0.381 e. The van der Waals surface area contributed by atoms with Gasteiger partial charge in [0, 0.05) is 38.9 Å². The van der Waals surface area contributed by atoms with Crippen LogP contribution in [-0.4, -0.2) is 43.7 Å². The number of rotatable bonds is 2. The molecular formula is C25H32F3N5O2. The van der Waals surface area contributed by atoms with E-state index in [0.717, 1.165) is 19.3 Å². The predicted octanol–water partition coefficient (Wildman–Crippen LogP) is 5.10. The molecule has 1 saturated heterocycles. The Labute approximate surface area is 202 Å². The van der Waals surface area contributed by atoms with Crippen LogP contribution in [0.2, 0.25) is 0 Å². The van der Waals surface area contributed by atoms with Crippen LogP contribution in [0.4, 0.5) is 13.2 Å². The molecule has 0 bridgehead atoms. The largest absolute Gasteiger partial charge is 0.391 e. The third-order valence-electron chi connectivity index (χ3n) is 6.80. The van der Waals surface area contributed by atoms with Crippen molar-refractivity contribution in [3.63, 3.8) is 0 Å². The van der Waals surface area contributed by atoms with Gasteiger partial charge in [0.2, 0.25) is 0 Å². The van der Waals surface area contributed by atoms with E-state index in [4.69, 9.17) is 4.74 Å². The first-order valence-electron chi connectivity index (χ1n) is 12.2. The fourth-order valence-electron chi connectivity index (χ4n) is 4.31. The van der Waals surface area contributed by atoms with Crippen LogP contribution in [0.25, 0.3) is 11.0 Å². The lowest BCUT2D eigenvalue weighted by Crippen LogP contribution is -2.35. The third-order valence-corrected chi connectivity index (χ3v) is 6.80. The summed E-state index contributed by atoms with van der Waals surface area (Å²) >= 11 is 0. The van der Waals surface area contributed by atoms with Crippen LogP contribution in [0.15, 0.2) is 35.5 Å². The molecule has 7 nitrogen and oxygen atoms in total. The molecule has 0 spiro atoms. The maximum atomic E-state index is 12.6. The average molecular weight is 492 g/mol. The summed E-state index contributed by atoms with van der Waals surface area (Å²) in [6.45, 7) is 3.69. The van der Waals surface area contributed by atoms with Gasteiger partial charge >= 0.3 is 6.18 Å². The number of fused-ring (bicyclic) bond motifs is 1. The molecule has 2 aliphatic carbocycles. The summed E-state index contributed by atoms with van der Waals surface area (Å²) in [5, 5.41) is 4.44. The molecule has 3 fully saturated rings. The third kappa shape index (κ3) is 6.28. The molecule has 6 rings (SSSR count). The Morgan fingerprint density at radius 1 is 1.09 bits per heavy atom. The molecule has 2 saturated carbocycles. The SMILES string of the molecule is C1CCOCC1.Cc1nc2nccc(C3CC(C(F)(F)F)C3)c2c(=O)n1C.c1cnn(C2CC2)c1. The fourth-order valence-corrected chi connectivity index (χ4v) is 4.31. The predicted molar refractivity (Wildman–Crippen MR) is 126 cm³/mol. The molecule has 3 aromatic heterocycles. The van der Waals surface area contributed by atoms with Crippen LogP contribution in [0, 0.1) is 12.8 Å². The highest BCUT2D eigenvalue weighted by Crippen LogP contribution is 2.50. The van der Waals surface area contributed by atoms with Gasteiger partial charge in [0.05, 0.1) is 17.3 Å². The lowest BCUT2D eigenvalue weighted by Gasteiger charge is -2.37. The Morgan fingerprint density at radius 3 is 2.31 bits per heavy atom. The quantitative estimate of drug-likeness (QED) is 0.499. The van der Waals surface area contributed by atoms with E-state index in [9.17, 15) is 18.0 Å². The maximum Gasteiger partial charge on any atom is 0.391 e. The lowest BCUT2D eigenvalue weighted by molar-refractivity contribution is -0.197. The summed E-state index contributed by atoms with van der Waals surface area (Å²) in [6.07, 6.45) is 7.84. The van der Waals surface area contributed by atoms with Gasteiger partial charge in [0.1, 0.15) is 5.82 Å². The van der Waals surface area contributed by atoms with Crippen LogP contribution >= 0.6 is 0 Å². The van der Waals surface area contributed by atoms with Crippen molar-refractivity contribution in [2.24, 2.45) is 13.0 Å². The van der Waals surface area contributed by atoms with E-state index >= 15 is 0 Å². The number of hydrogen-bond acceptors (Lipinski definition) is 5. The summed E-state index contributed by atoms with van der Waals surface area (Å²) < 4.78 is 46.3. The first-order chi connectivity index (χ1) is 16.8. The monoisotopic (exact) mass is 491 g/mol. The average Bonchev–Trinajstić information content (AvgIpc) is 3.51. The van der Waals surface area contributed by atoms with Gasteiger partial charge in [0.15, 0.2) is 5.65 Å². The molecule has 0 amide bonds. The number of hydrogen-bond donors (Lipinski definition) is 0. The summed E-state index contributed by atoms with van der Waals surface area (Å²) in [5.41, 5.74) is 0.688. The number of aromatic nitrogens is 5. The second-order valence-electron chi connectivity index (χ2n) is 9.42. The molecule has 0 N–H and O–H groups in total. The highest BCUT2D eigenvalue weighted by Gasteiger charge is 2.48. The molecule has 35 heavy (non-hydrogen) atoms. The number of alkyl halides is 3. The van der Waals surface area contributed by atoms with Crippen LogP contribution in [0.1, 0.15) is 68.3 Å². The Morgan fingerprint density at radius 2 is 1.80 bits per heavy atom. The molecule has 0 radical (unpaired) electrons. The van der Waals surface area contributed by atoms with E-state index in [0.29, 0.717) is 22.4 Å². The zero-order valence-corrected chi connectivity index (χ0v) is 20.2. The minimum absolute atomic E-state index is 0.0274. The van der Waals surface area contributed by atoms with Crippen molar-refractivity contribution in [2.45, 2.75) is 70.0 Å². The van der Waals surface area contributed by atoms with Gasteiger partial charge in [-0.25, -0.2) is 9.97 Å². The van der Waals surface area contributed by atoms with Crippen molar-refractivity contribution in [3.05, 3.63) is 52.5 Å². The summed E-state index contributed by atoms with van der Waals surface area (Å²) in [6, 6.07) is 4.35. The van der Waals surface area contributed by atoms with E-state index in [1.807, 2.05) is 23.1 Å². The zero-order valence-electron chi connectivity index (χ0n) is 20.2. The lowest BCUT2D eigenvalue weighted by atomic mass is 9.70. The van der Waals surface area contributed by atoms with Crippen LogP contribution in [0.5, 0.6) is 0 Å². The van der Waals surface area contributed by atoms with Crippen LogP contribution in [0.3, 0.4) is 0 Å². The first-order valence-corrected chi connectivity index (χ1v) is 12.2. The highest BCUT2D eigenvalue weighted by atomic mass is 19.4. The van der Waals surface area contributed by atoms with Crippen molar-refractivity contribution < 1.29 is 17.9 Å². The van der Waals surface area contributed by atoms with E-state index in [1.165, 1.54) is 42.9 Å². The van der Waals surface area contributed by atoms with Crippen molar-refractivity contribution in [1.29, 1.82) is 0 Å². The number of nitrogens with zero attached hydrogens (tertiary/aromatic N) is 5. The van der Waals surface area contributed by atoms with E-state index in [-0.39, 0.29) is 24.3 Å². The number of pyridine rings is 1. The maximum absolute atomic E-state index is 12.6. The van der Waals surface area contributed by atoms with E-state index < -0.39 is 12.1 Å². The van der Waals surface area contributed by atoms with Crippen molar-refractivity contribution in [2.75, 3.05) is 13.2 Å². The molecule has 0 aromatic carbocycles. The molecule has 4 heterocycles. The molecule has 3 aliphatic rings. The summed E-state index contributed by atoms with van der Waals surface area (Å²) in [4.78, 5) is 20.7. The molecule has 10 heteroatoms. The second-order valence-corrected chi connectivity index (χ2v) is 9.42. The smallest absolute Gasteiger partial charge is 0.381 e.